The maximum absolute atomic E-state index is 9.19. The monoisotopic (exact) mass is 182 g/mol. The first-order valence-electron chi connectivity index (χ1n) is 3.69. The Morgan fingerprint density at radius 3 is 1.64 bits per heavy atom. The highest BCUT2D eigenvalue weighted by atomic mass is 32.2. The van der Waals surface area contributed by atoms with Gasteiger partial charge in [-0.3, -0.25) is 4.55 Å². The highest BCUT2D eigenvalue weighted by molar-refractivity contribution is 7.85. The van der Waals surface area contributed by atoms with Crippen molar-refractivity contribution in [2.75, 3.05) is 6.26 Å². The van der Waals surface area contributed by atoms with Crippen LogP contribution in [0, 0.1) is 5.92 Å². The largest absolute Gasteiger partial charge is 0.286 e. The van der Waals surface area contributed by atoms with Crippen molar-refractivity contribution >= 4 is 10.1 Å². The van der Waals surface area contributed by atoms with Crippen LogP contribution in [0.25, 0.3) is 0 Å². The van der Waals surface area contributed by atoms with E-state index in [9.17, 15) is 8.42 Å². The Morgan fingerprint density at radius 1 is 1.36 bits per heavy atom. The van der Waals surface area contributed by atoms with Crippen molar-refractivity contribution in [2.24, 2.45) is 5.92 Å². The molecule has 0 aromatic heterocycles. The van der Waals surface area contributed by atoms with Crippen LogP contribution < -0.4 is 0 Å². The number of rotatable bonds is 2. The summed E-state index contributed by atoms with van der Waals surface area (Å²) in [4.78, 5) is 0. The van der Waals surface area contributed by atoms with E-state index in [1.54, 1.807) is 0 Å². The van der Waals surface area contributed by atoms with E-state index in [4.69, 9.17) is 4.55 Å². The summed E-state index contributed by atoms with van der Waals surface area (Å²) in [5.41, 5.74) is 0. The third-order valence-corrected chi connectivity index (χ3v) is 0.866. The lowest BCUT2D eigenvalue weighted by atomic mass is 10.1. The lowest BCUT2D eigenvalue weighted by Gasteiger charge is -1.95. The molecule has 11 heavy (non-hydrogen) atoms. The van der Waals surface area contributed by atoms with Gasteiger partial charge in [0.25, 0.3) is 10.1 Å². The van der Waals surface area contributed by atoms with Crippen molar-refractivity contribution < 1.29 is 13.0 Å². The van der Waals surface area contributed by atoms with Gasteiger partial charge in [0.1, 0.15) is 0 Å². The highest BCUT2D eigenvalue weighted by Gasteiger charge is 1.85. The van der Waals surface area contributed by atoms with Gasteiger partial charge in [-0.1, -0.05) is 33.6 Å². The van der Waals surface area contributed by atoms with Gasteiger partial charge in [-0.25, -0.2) is 0 Å². The molecule has 0 atom stereocenters. The zero-order valence-electron chi connectivity index (χ0n) is 7.66. The van der Waals surface area contributed by atoms with Crippen LogP contribution in [0.1, 0.15) is 33.6 Å². The molecular formula is C7H18O3S. The van der Waals surface area contributed by atoms with Gasteiger partial charge >= 0.3 is 0 Å². The van der Waals surface area contributed by atoms with Gasteiger partial charge in [0, 0.05) is 0 Å². The zero-order chi connectivity index (χ0) is 9.49. The molecule has 0 aromatic carbocycles. The fraction of sp³-hybridized carbons (Fsp3) is 1.00. The SMILES string of the molecule is CCCC(C)C.CS(=O)(=O)O. The molecule has 0 saturated carbocycles. The molecule has 4 heteroatoms. The van der Waals surface area contributed by atoms with Crippen LogP contribution in [0.3, 0.4) is 0 Å². The highest BCUT2D eigenvalue weighted by Crippen LogP contribution is 2.00. The second-order valence-electron chi connectivity index (χ2n) is 2.92. The van der Waals surface area contributed by atoms with E-state index in [2.05, 4.69) is 20.8 Å². The molecule has 0 aliphatic heterocycles. The molecular weight excluding hydrogens is 164 g/mol. The van der Waals surface area contributed by atoms with E-state index >= 15 is 0 Å². The molecule has 0 aliphatic rings. The molecule has 0 heterocycles. The second kappa shape index (κ2) is 6.61. The molecule has 0 rings (SSSR count). The fourth-order valence-electron chi connectivity index (χ4n) is 0.577. The molecule has 0 unspecified atom stereocenters. The third kappa shape index (κ3) is 73.2. The van der Waals surface area contributed by atoms with E-state index in [0.29, 0.717) is 6.26 Å². The van der Waals surface area contributed by atoms with Crippen molar-refractivity contribution in [2.45, 2.75) is 33.6 Å². The minimum atomic E-state index is -3.67. The fourth-order valence-corrected chi connectivity index (χ4v) is 0.577. The lowest BCUT2D eigenvalue weighted by molar-refractivity contribution is 0.490. The molecule has 0 spiro atoms. The summed E-state index contributed by atoms with van der Waals surface area (Å²) in [6.07, 6.45) is 3.42. The quantitative estimate of drug-likeness (QED) is 0.664. The van der Waals surface area contributed by atoms with Crippen LogP contribution in [-0.4, -0.2) is 19.2 Å². The predicted molar refractivity (Wildman–Crippen MR) is 47.2 cm³/mol. The van der Waals surface area contributed by atoms with Crippen molar-refractivity contribution in [3.63, 3.8) is 0 Å². The Balaban J connectivity index is 0. The molecule has 0 aliphatic carbocycles. The molecule has 0 amide bonds. The van der Waals surface area contributed by atoms with Crippen LogP contribution >= 0.6 is 0 Å². The van der Waals surface area contributed by atoms with Gasteiger partial charge in [0.15, 0.2) is 0 Å². The zero-order valence-corrected chi connectivity index (χ0v) is 8.48. The van der Waals surface area contributed by atoms with Crippen LogP contribution in [0.5, 0.6) is 0 Å². The van der Waals surface area contributed by atoms with E-state index < -0.39 is 10.1 Å². The maximum Gasteiger partial charge on any atom is 0.261 e. The summed E-state index contributed by atoms with van der Waals surface area (Å²) < 4.78 is 25.9. The molecule has 0 bridgehead atoms. The predicted octanol–water partition coefficient (Wildman–Crippen LogP) is 1.95. The molecule has 3 nitrogen and oxygen atoms in total. The molecule has 0 fully saturated rings. The van der Waals surface area contributed by atoms with E-state index in [-0.39, 0.29) is 0 Å². The third-order valence-electron chi connectivity index (χ3n) is 0.866. The Kier molecular flexibility index (Phi) is 8.11. The van der Waals surface area contributed by atoms with Gasteiger partial charge in [-0.2, -0.15) is 8.42 Å². The summed E-state index contributed by atoms with van der Waals surface area (Å²) in [7, 11) is -3.67. The molecule has 0 aromatic rings. The average Bonchev–Trinajstić information content (AvgIpc) is 1.58. The smallest absolute Gasteiger partial charge is 0.261 e. The van der Waals surface area contributed by atoms with Crippen LogP contribution in [0.4, 0.5) is 0 Å². The average molecular weight is 182 g/mol. The van der Waals surface area contributed by atoms with Gasteiger partial charge in [-0.05, 0) is 5.92 Å². The van der Waals surface area contributed by atoms with E-state index in [1.165, 1.54) is 12.8 Å². The van der Waals surface area contributed by atoms with Crippen molar-refractivity contribution in [1.29, 1.82) is 0 Å². The first kappa shape index (κ1) is 13.5. The summed E-state index contributed by atoms with van der Waals surface area (Å²) in [6, 6.07) is 0. The lowest BCUT2D eigenvalue weighted by Crippen LogP contribution is -1.88. The first-order chi connectivity index (χ1) is 4.77. The normalized spacial score (nSPS) is 10.7. The standard InChI is InChI=1S/C6H14.CH4O3S/c1-4-5-6(2)3;1-5(2,3)4/h6H,4-5H2,1-3H3;1H3,(H,2,3,4). The first-order valence-corrected chi connectivity index (χ1v) is 5.54. The van der Waals surface area contributed by atoms with Crippen molar-refractivity contribution in [3.8, 4) is 0 Å². The topological polar surface area (TPSA) is 54.4 Å². The Hall–Kier alpha value is -0.0900. The van der Waals surface area contributed by atoms with Gasteiger partial charge in [0.05, 0.1) is 6.26 Å². The minimum absolute atomic E-state index is 0.715. The van der Waals surface area contributed by atoms with Crippen molar-refractivity contribution in [1.82, 2.24) is 0 Å². The molecule has 0 radical (unpaired) electrons. The van der Waals surface area contributed by atoms with Crippen LogP contribution in [0.15, 0.2) is 0 Å². The minimum Gasteiger partial charge on any atom is -0.286 e. The van der Waals surface area contributed by atoms with E-state index in [1.807, 2.05) is 0 Å². The van der Waals surface area contributed by atoms with Gasteiger partial charge in [0.2, 0.25) is 0 Å². The maximum atomic E-state index is 9.19. The molecule has 70 valence electrons. The van der Waals surface area contributed by atoms with Crippen LogP contribution in [0.2, 0.25) is 0 Å². The molecule has 0 saturated heterocycles. The van der Waals surface area contributed by atoms with Crippen LogP contribution in [-0.2, 0) is 10.1 Å². The summed E-state index contributed by atoms with van der Waals surface area (Å²) in [6.45, 7) is 6.73. The summed E-state index contributed by atoms with van der Waals surface area (Å²) in [5.74, 6) is 0.898. The van der Waals surface area contributed by atoms with Gasteiger partial charge in [-0.15, -0.1) is 0 Å². The Labute approximate surface area is 69.6 Å². The van der Waals surface area contributed by atoms with Gasteiger partial charge < -0.3 is 0 Å². The van der Waals surface area contributed by atoms with Crippen molar-refractivity contribution in [3.05, 3.63) is 0 Å². The number of hydrogen-bond donors (Lipinski definition) is 1. The summed E-state index contributed by atoms with van der Waals surface area (Å²) in [5, 5.41) is 0. The summed E-state index contributed by atoms with van der Waals surface area (Å²) >= 11 is 0. The molecule has 1 N–H and O–H groups in total. The Bertz CT molecular complexity index is 151. The Morgan fingerprint density at radius 2 is 1.64 bits per heavy atom. The number of hydrogen-bond acceptors (Lipinski definition) is 2. The van der Waals surface area contributed by atoms with E-state index in [0.717, 1.165) is 5.92 Å². The second-order valence-corrected chi connectivity index (χ2v) is 4.38.